The molecule has 5 nitrogen and oxygen atoms in total. The van der Waals surface area contributed by atoms with Crippen LogP contribution in [-0.4, -0.2) is 38.3 Å². The van der Waals surface area contributed by atoms with Gasteiger partial charge >= 0.3 is 0 Å². The van der Waals surface area contributed by atoms with Crippen LogP contribution < -0.4 is 4.90 Å². The van der Waals surface area contributed by atoms with Crippen molar-refractivity contribution >= 4 is 21.6 Å². The minimum absolute atomic E-state index is 0.0851. The molecular weight excluding hydrogens is 336 g/mol. The molecule has 0 N–H and O–H groups in total. The van der Waals surface area contributed by atoms with Crippen LogP contribution in [0.25, 0.3) is 0 Å². The molecule has 0 saturated carbocycles. The first-order valence-electron chi connectivity index (χ1n) is 9.39. The molecule has 0 fully saturated rings. The first-order valence-corrected chi connectivity index (χ1v) is 10.8. The van der Waals surface area contributed by atoms with Crippen molar-refractivity contribution in [1.82, 2.24) is 4.31 Å². The number of benzene rings is 1. The molecule has 0 spiro atoms. The number of rotatable bonds is 9. The third-order valence-corrected chi connectivity index (χ3v) is 6.60. The Morgan fingerprint density at radius 3 is 2.32 bits per heavy atom. The van der Waals surface area contributed by atoms with E-state index < -0.39 is 10.0 Å². The van der Waals surface area contributed by atoms with Crippen molar-refractivity contribution in [1.29, 1.82) is 0 Å². The molecule has 1 aromatic carbocycles. The Bertz CT molecular complexity index is 693. The van der Waals surface area contributed by atoms with E-state index in [4.69, 9.17) is 0 Å². The Hall–Kier alpha value is -1.40. The van der Waals surface area contributed by atoms with Gasteiger partial charge in [-0.15, -0.1) is 0 Å². The number of hydrogen-bond donors (Lipinski definition) is 0. The maximum atomic E-state index is 13.1. The minimum Gasteiger partial charge on any atom is -0.312 e. The number of anilines is 1. The Morgan fingerprint density at radius 2 is 1.76 bits per heavy atom. The van der Waals surface area contributed by atoms with Crippen LogP contribution in [0.3, 0.4) is 0 Å². The summed E-state index contributed by atoms with van der Waals surface area (Å²) in [7, 11) is -3.48. The van der Waals surface area contributed by atoms with E-state index in [2.05, 4.69) is 13.8 Å². The van der Waals surface area contributed by atoms with Crippen molar-refractivity contribution in [3.8, 4) is 0 Å². The van der Waals surface area contributed by atoms with E-state index in [9.17, 15) is 13.2 Å². The summed E-state index contributed by atoms with van der Waals surface area (Å²) in [5.41, 5.74) is 1.81. The molecule has 1 aliphatic rings. The van der Waals surface area contributed by atoms with Crippen LogP contribution in [-0.2, 0) is 21.2 Å². The molecule has 6 heteroatoms. The molecule has 140 valence electrons. The van der Waals surface area contributed by atoms with Crippen LogP contribution in [0.1, 0.15) is 58.4 Å². The molecule has 1 aliphatic heterocycles. The molecule has 0 saturated heterocycles. The highest BCUT2D eigenvalue weighted by molar-refractivity contribution is 7.89. The summed E-state index contributed by atoms with van der Waals surface area (Å²) in [4.78, 5) is 14.1. The predicted octanol–water partition coefficient (Wildman–Crippen LogP) is 3.58. The molecule has 2 rings (SSSR count). The summed E-state index contributed by atoms with van der Waals surface area (Å²) < 4.78 is 27.7. The smallest absolute Gasteiger partial charge is 0.243 e. The van der Waals surface area contributed by atoms with Crippen LogP contribution >= 0.6 is 0 Å². The SMILES string of the molecule is CCCCN(CCCC)S(=O)(=O)c1ccc2c(c1)CCN2C(=O)CC. The number of nitrogens with zero attached hydrogens (tertiary/aromatic N) is 2. The van der Waals surface area contributed by atoms with Gasteiger partial charge in [-0.25, -0.2) is 8.42 Å². The summed E-state index contributed by atoms with van der Waals surface area (Å²) in [5.74, 6) is 0.0851. The largest absolute Gasteiger partial charge is 0.312 e. The van der Waals surface area contributed by atoms with Gasteiger partial charge in [0.15, 0.2) is 0 Å². The van der Waals surface area contributed by atoms with Gasteiger partial charge in [-0.3, -0.25) is 4.79 Å². The van der Waals surface area contributed by atoms with Crippen molar-refractivity contribution in [3.05, 3.63) is 23.8 Å². The van der Waals surface area contributed by atoms with Gasteiger partial charge in [0.25, 0.3) is 0 Å². The van der Waals surface area contributed by atoms with Crippen LogP contribution in [0.2, 0.25) is 0 Å². The number of carbonyl (C=O) groups excluding carboxylic acids is 1. The molecule has 0 atom stereocenters. The molecule has 0 bridgehead atoms. The predicted molar refractivity (Wildman–Crippen MR) is 101 cm³/mol. The Kier molecular flexibility index (Phi) is 7.02. The highest BCUT2D eigenvalue weighted by Crippen LogP contribution is 2.31. The highest BCUT2D eigenvalue weighted by Gasteiger charge is 2.28. The van der Waals surface area contributed by atoms with Crippen LogP contribution in [0.15, 0.2) is 23.1 Å². The van der Waals surface area contributed by atoms with Gasteiger partial charge in [-0.05, 0) is 43.0 Å². The Morgan fingerprint density at radius 1 is 1.12 bits per heavy atom. The molecule has 1 aromatic rings. The maximum Gasteiger partial charge on any atom is 0.243 e. The second-order valence-corrected chi connectivity index (χ2v) is 8.49. The molecule has 1 heterocycles. The van der Waals surface area contributed by atoms with E-state index in [1.165, 1.54) is 0 Å². The van der Waals surface area contributed by atoms with E-state index >= 15 is 0 Å². The zero-order valence-electron chi connectivity index (χ0n) is 15.6. The molecule has 0 aliphatic carbocycles. The number of fused-ring (bicyclic) bond motifs is 1. The molecule has 0 aromatic heterocycles. The number of hydrogen-bond acceptors (Lipinski definition) is 3. The van der Waals surface area contributed by atoms with Gasteiger partial charge in [-0.2, -0.15) is 4.31 Å². The fraction of sp³-hybridized carbons (Fsp3) is 0.632. The fourth-order valence-electron chi connectivity index (χ4n) is 3.16. The lowest BCUT2D eigenvalue weighted by Crippen LogP contribution is -2.33. The van der Waals surface area contributed by atoms with Crippen molar-refractivity contribution < 1.29 is 13.2 Å². The number of unbranched alkanes of at least 4 members (excludes halogenated alkanes) is 2. The average Bonchev–Trinajstić information content (AvgIpc) is 3.04. The third kappa shape index (κ3) is 4.42. The van der Waals surface area contributed by atoms with E-state index in [0.717, 1.165) is 36.9 Å². The summed E-state index contributed by atoms with van der Waals surface area (Å²) in [6.07, 6.45) is 4.85. The zero-order chi connectivity index (χ0) is 18.4. The maximum absolute atomic E-state index is 13.1. The van der Waals surface area contributed by atoms with Gasteiger partial charge < -0.3 is 4.90 Å². The van der Waals surface area contributed by atoms with E-state index in [1.807, 2.05) is 6.92 Å². The van der Waals surface area contributed by atoms with Gasteiger partial charge in [-0.1, -0.05) is 33.6 Å². The Labute approximate surface area is 152 Å². The van der Waals surface area contributed by atoms with Gasteiger partial charge in [0.2, 0.25) is 15.9 Å². The lowest BCUT2D eigenvalue weighted by molar-refractivity contribution is -0.118. The summed E-state index contributed by atoms with van der Waals surface area (Å²) in [6, 6.07) is 5.21. The topological polar surface area (TPSA) is 57.7 Å². The van der Waals surface area contributed by atoms with Crippen molar-refractivity contribution in [2.75, 3.05) is 24.5 Å². The lowest BCUT2D eigenvalue weighted by Gasteiger charge is -2.22. The summed E-state index contributed by atoms with van der Waals surface area (Å²) in [5, 5.41) is 0. The van der Waals surface area contributed by atoms with Crippen molar-refractivity contribution in [3.63, 3.8) is 0 Å². The molecular formula is C19H30N2O3S. The molecule has 1 amide bonds. The molecule has 25 heavy (non-hydrogen) atoms. The van der Waals surface area contributed by atoms with Crippen molar-refractivity contribution in [2.24, 2.45) is 0 Å². The van der Waals surface area contributed by atoms with E-state index in [-0.39, 0.29) is 5.91 Å². The number of amides is 1. The van der Waals surface area contributed by atoms with Crippen molar-refractivity contribution in [2.45, 2.75) is 64.2 Å². The van der Waals surface area contributed by atoms with Crippen LogP contribution in [0, 0.1) is 0 Å². The number of sulfonamides is 1. The minimum atomic E-state index is -3.48. The first kappa shape index (κ1) is 19.9. The Balaban J connectivity index is 2.28. The monoisotopic (exact) mass is 366 g/mol. The summed E-state index contributed by atoms with van der Waals surface area (Å²) in [6.45, 7) is 7.75. The standard InChI is InChI=1S/C19H30N2O3S/c1-4-7-12-20(13-8-5-2)25(23,24)17-9-10-18-16(15-17)11-14-21(18)19(22)6-3/h9-10,15H,4-8,11-14H2,1-3H3. The second kappa shape index (κ2) is 8.81. The average molecular weight is 367 g/mol. The van der Waals surface area contributed by atoms with E-state index in [0.29, 0.717) is 37.4 Å². The fourth-order valence-corrected chi connectivity index (χ4v) is 4.73. The summed E-state index contributed by atoms with van der Waals surface area (Å²) >= 11 is 0. The number of carbonyl (C=O) groups is 1. The highest BCUT2D eigenvalue weighted by atomic mass is 32.2. The zero-order valence-corrected chi connectivity index (χ0v) is 16.4. The van der Waals surface area contributed by atoms with Gasteiger partial charge in [0.1, 0.15) is 0 Å². The van der Waals surface area contributed by atoms with Gasteiger partial charge in [0.05, 0.1) is 4.90 Å². The van der Waals surface area contributed by atoms with Gasteiger partial charge in [0, 0.05) is 31.7 Å². The second-order valence-electron chi connectivity index (χ2n) is 6.55. The first-order chi connectivity index (χ1) is 12.0. The third-order valence-electron chi connectivity index (χ3n) is 4.71. The van der Waals surface area contributed by atoms with E-state index in [1.54, 1.807) is 27.4 Å². The van der Waals surface area contributed by atoms with Crippen LogP contribution in [0.4, 0.5) is 5.69 Å². The normalized spacial score (nSPS) is 14.2. The lowest BCUT2D eigenvalue weighted by atomic mass is 10.2. The molecule has 0 radical (unpaired) electrons. The van der Waals surface area contributed by atoms with Crippen LogP contribution in [0.5, 0.6) is 0 Å². The quantitative estimate of drug-likeness (QED) is 0.671. The molecule has 0 unspecified atom stereocenters.